The first-order valence-corrected chi connectivity index (χ1v) is 39.4. The first kappa shape index (κ1) is 109. The molecule has 0 saturated heterocycles. The molecule has 54 heteroatoms. The molecular weight excluding hydrogens is 1560 g/mol. The lowest BCUT2D eigenvalue weighted by molar-refractivity contribution is -0.385. The van der Waals surface area contributed by atoms with E-state index < -0.39 is 146 Å². The molecule has 0 aliphatic rings. The minimum absolute atomic E-state index is 0.0850. The number of hydrogen-bond donors (Lipinski definition) is 1. The number of anilines is 1. The van der Waals surface area contributed by atoms with Crippen LogP contribution < -0.4 is 14.8 Å². The van der Waals surface area contributed by atoms with E-state index in [0.717, 1.165) is 19.1 Å². The Labute approximate surface area is 771 Å². The van der Waals surface area contributed by atoms with E-state index >= 15 is 0 Å². The largest absolute Gasteiger partial charge is 0.492 e. The van der Waals surface area contributed by atoms with Crippen LogP contribution in [0.4, 0.5) is 16.2 Å². The molecule has 6 rings (SSSR count). The van der Waals surface area contributed by atoms with Crippen LogP contribution in [0.2, 0.25) is 0 Å². The Bertz CT molecular complexity index is 6470. The molecule has 530 valence electrons. The van der Waals surface area contributed by atoms with E-state index in [1.807, 2.05) is 13.8 Å². The molecule has 0 fully saturated rings. The van der Waals surface area contributed by atoms with Crippen molar-refractivity contribution in [2.75, 3.05) is 26.6 Å². The third-order valence-corrected chi connectivity index (χ3v) is 20.9. The predicted molar refractivity (Wildman–Crippen MR) is 544 cm³/mol. The maximum absolute atomic E-state index is 13.1. The van der Waals surface area contributed by atoms with Crippen molar-refractivity contribution in [3.05, 3.63) is 338 Å². The highest BCUT2D eigenvalue weighted by atomic mass is 32.2. The summed E-state index contributed by atoms with van der Waals surface area (Å²) in [5.41, 5.74) is 91.8. The molecule has 0 unspecified atom stereocenters. The lowest BCUT2D eigenvalue weighted by Gasteiger charge is -2.53. The van der Waals surface area contributed by atoms with Gasteiger partial charge >= 0.3 is 11.8 Å². The third kappa shape index (κ3) is 34.4. The van der Waals surface area contributed by atoms with Crippen LogP contribution in [0.15, 0.2) is 327 Å². The number of ether oxygens (including phenoxy) is 3. The van der Waals surface area contributed by atoms with Gasteiger partial charge in [-0.05, 0) is 167 Å². The van der Waals surface area contributed by atoms with Gasteiger partial charge in [-0.2, -0.15) is 0 Å². The number of nitro benzene ring substituents is 1. The van der Waals surface area contributed by atoms with Crippen molar-refractivity contribution in [3.8, 4) is 11.5 Å². The molecule has 1 amide bonds. The van der Waals surface area contributed by atoms with E-state index in [1.54, 1.807) is 60.7 Å². The van der Waals surface area contributed by atoms with Crippen LogP contribution in [-0.4, -0.2) is 327 Å². The molecule has 0 atom stereocenters. The molecule has 0 aliphatic heterocycles. The van der Waals surface area contributed by atoms with E-state index in [-0.39, 0.29) is 32.5 Å². The number of hydrogen-bond acceptors (Lipinski definition) is 10. The highest BCUT2D eigenvalue weighted by Crippen LogP contribution is 2.39. The number of aromatic nitrogens is 2. The quantitative estimate of drug-likeness (QED) is 0.0304. The van der Waals surface area contributed by atoms with Gasteiger partial charge in [0.15, 0.2) is 5.75 Å². The highest BCUT2D eigenvalue weighted by Gasteiger charge is 2.56. The van der Waals surface area contributed by atoms with Gasteiger partial charge in [0.25, 0.3) is 20.0 Å². The average molecular weight is 1590 g/mol. The topological polar surface area (TPSA) is 178 Å². The van der Waals surface area contributed by atoms with Gasteiger partial charge in [0, 0.05) is 402 Å². The fraction of sp³-hybridized carbons (Fsp3) is 0.0694. The number of fused-ring (bicyclic) bond motifs is 2. The summed E-state index contributed by atoms with van der Waals surface area (Å²) < 4.78 is 69.3. The number of amides is 1. The summed E-state index contributed by atoms with van der Waals surface area (Å²) in [5, 5.41) is 14.9. The molecular formula is C72H36B38N4O10S2. The van der Waals surface area contributed by atoms with Gasteiger partial charge in [-0.15, -0.1) is 0 Å². The number of carbonyl (C=O) groups excluding carboxylic acids is 1. The molecule has 14 nitrogen and oxygen atoms in total. The van der Waals surface area contributed by atoms with Gasteiger partial charge in [-0.3, -0.25) is 15.4 Å². The number of rotatable bonds is 25. The van der Waals surface area contributed by atoms with Crippen molar-refractivity contribution in [1.82, 2.24) is 7.94 Å². The molecule has 2 aromatic heterocycles. The molecule has 0 saturated carbocycles. The van der Waals surface area contributed by atoms with Crippen LogP contribution in [0, 0.1) is 24.0 Å². The zero-order chi connectivity index (χ0) is 94.2. The van der Waals surface area contributed by atoms with Crippen molar-refractivity contribution < 1.29 is 40.8 Å². The van der Waals surface area contributed by atoms with Crippen molar-refractivity contribution >= 4 is 329 Å². The number of nitrogens with one attached hydrogen (secondary N) is 1. The van der Waals surface area contributed by atoms with Gasteiger partial charge in [-0.1, -0.05) is 52.9 Å². The second kappa shape index (κ2) is 57.1. The second-order valence-corrected chi connectivity index (χ2v) is 29.5. The summed E-state index contributed by atoms with van der Waals surface area (Å²) in [7, 11) is 120. The molecule has 6 aromatic rings. The van der Waals surface area contributed by atoms with Crippen LogP contribution in [0.25, 0.3) is 21.8 Å². The Morgan fingerprint density at radius 3 is 0.778 bits per heavy atom. The number of nitro groups is 1. The minimum atomic E-state index is -3.90. The van der Waals surface area contributed by atoms with Gasteiger partial charge in [0.05, 0.1) is 41.7 Å². The zero-order valence-electron chi connectivity index (χ0n) is 68.8. The monoisotopic (exact) mass is 1600 g/mol. The lowest BCUT2D eigenvalue weighted by Crippen LogP contribution is -2.92. The molecule has 126 heavy (non-hydrogen) atoms. The van der Waals surface area contributed by atoms with Crippen LogP contribution in [0.1, 0.15) is 11.1 Å². The number of nitrogens with zero attached hydrogens (tertiary/aromatic N) is 3. The van der Waals surface area contributed by atoms with Gasteiger partial charge < -0.3 is 14.2 Å². The van der Waals surface area contributed by atoms with E-state index in [0.29, 0.717) is 22.0 Å². The predicted octanol–water partition coefficient (Wildman–Crippen LogP) is -1.61. The van der Waals surface area contributed by atoms with E-state index in [4.69, 9.17) is 164 Å². The maximum atomic E-state index is 13.1. The van der Waals surface area contributed by atoms with Crippen LogP contribution in [0.3, 0.4) is 0 Å². The minimum Gasteiger partial charge on any atom is -0.492 e. The van der Waals surface area contributed by atoms with Crippen molar-refractivity contribution in [3.63, 3.8) is 0 Å². The van der Waals surface area contributed by atoms with E-state index in [9.17, 15) is 31.7 Å². The fourth-order valence-corrected chi connectivity index (χ4v) is 15.2. The van der Waals surface area contributed by atoms with Crippen molar-refractivity contribution in [2.45, 2.75) is 23.6 Å². The normalized spacial score (nSPS) is 8.61. The Morgan fingerprint density at radius 2 is 0.563 bits per heavy atom. The summed E-state index contributed by atoms with van der Waals surface area (Å²) in [6.07, 6.45) is -17.9. The van der Waals surface area contributed by atoms with Gasteiger partial charge in [0.1, 0.15) is 11.0 Å². The Morgan fingerprint density at radius 1 is 0.341 bits per heavy atom. The molecule has 4 aromatic carbocycles. The van der Waals surface area contributed by atoms with Gasteiger partial charge in [0.2, 0.25) is 5.75 Å². The first-order chi connectivity index (χ1) is 59.9. The summed E-state index contributed by atoms with van der Waals surface area (Å²) in [4.78, 5) is 22.4. The Kier molecular flexibility index (Phi) is 49.2. The Balaban J connectivity index is 0.000000440. The molecule has 40 radical (unpaired) electrons. The Hall–Kier alpha value is -11.6. The smallest absolute Gasteiger partial charge is 0.411 e. The molecule has 0 spiro atoms. The highest BCUT2D eigenvalue weighted by molar-refractivity contribution is 8.31. The average Bonchev–Trinajstić information content (AvgIpc) is 1.08. The first-order valence-electron chi connectivity index (χ1n) is 36.5. The molecule has 1 N–H and O–H groups in total. The third-order valence-electron chi connectivity index (χ3n) is 17.5. The number of aryl methyl sites for hydroxylation is 2. The molecule has 2 heterocycles. The number of benzene rings is 4. The van der Waals surface area contributed by atoms with Crippen molar-refractivity contribution in [2.24, 2.45) is 0 Å². The summed E-state index contributed by atoms with van der Waals surface area (Å²) in [6.45, 7) is 10.4. The van der Waals surface area contributed by atoms with Crippen LogP contribution in [0.5, 0.6) is 11.5 Å². The number of carbonyl (C=O) groups is 1. The van der Waals surface area contributed by atoms with Crippen molar-refractivity contribution in [1.29, 1.82) is 0 Å². The summed E-state index contributed by atoms with van der Waals surface area (Å²) in [5.74, 6) is 0.145. The molecule has 0 bridgehead atoms. The van der Waals surface area contributed by atoms with Crippen LogP contribution in [-0.2, 0) is 24.8 Å². The standard InChI is InChI=1S/C38H4.C18H18N2O5S.C16H14N2O5S.B38/c1-3-5-7-9-11-13-15-17-19-21-23-25-27-29-31-33-35-37-38-36-34-32-30-28-26-24-22-20-18-16-14-12-10-8-6-4-2;1-12-4-7-14(8-5-12)26(22,23)20-11-10-13-6-9-15(19-18(21)25-3)17(24-2)16(13)20;1-11-3-6-13(7-4-11)24(21,22)17-10-9-12-5-8-14(18(19)20)16(23-2)15(12)17;1-21(2)31(22(3)4)36(32(23(5)6)24(7)8)38(35(29(17)18)30(19)20)37(33(25(9)10)26(11)12)34(27(13)14)28(15)16/h1-2H2;4-11H,1-3H3,(H,19,21);3-10H,1-2H3;. The van der Waals surface area contributed by atoms with E-state index in [1.165, 1.54) is 58.0 Å². The second-order valence-electron chi connectivity index (χ2n) is 25.9. The summed E-state index contributed by atoms with van der Waals surface area (Å²) >= 11 is 0. The zero-order valence-corrected chi connectivity index (χ0v) is 70.5. The van der Waals surface area contributed by atoms with Crippen LogP contribution >= 0.6 is 0 Å². The molecule has 0 aliphatic carbocycles. The van der Waals surface area contributed by atoms with Gasteiger partial charge in [-0.25, -0.2) is 29.6 Å². The lowest BCUT2D eigenvalue weighted by atomic mass is 8.28. The summed E-state index contributed by atoms with van der Waals surface area (Å²) in [6, 6.07) is 22.3. The van der Waals surface area contributed by atoms with E-state index in [2.05, 4.69) is 230 Å². The maximum Gasteiger partial charge on any atom is 0.411 e. The number of methoxy groups -OCH3 is 3. The SMILES string of the molecule is C=C=C=C=C=C=C=C=C=C=C=C=C=C=C=C=C=C=C=C=C=C=C=C=C=C=C=C=C=C=C=C=C=C=C=C=C=C.COC(=O)Nc1ccc2ccn(S(=O)(=O)c3ccc(C)cc3)c2c1OC.COc1c([N+](=O)[O-])ccc2ccn(S(=O)(=O)c3ccc(C)cc3)c12.[B]B([B])B(B([B])[B])B(B(B([B])[B])B([B])[B])B(B(B([B])[B])B([B])[B])B(B(B([B])[B])B([B])[B])B(B([B])[B])B([B])[B]. The fourth-order valence-electron chi connectivity index (χ4n) is 12.4.